The molecule has 19 heavy (non-hydrogen) atoms. The van der Waals surface area contributed by atoms with Gasteiger partial charge in [0.2, 0.25) is 0 Å². The van der Waals surface area contributed by atoms with Crippen LogP contribution in [-0.2, 0) is 0 Å². The number of nitrogens with zero attached hydrogens (tertiary/aromatic N) is 2. The van der Waals surface area contributed by atoms with Crippen LogP contribution in [0.4, 0.5) is 25.8 Å². The second-order valence-electron chi connectivity index (χ2n) is 3.58. The summed E-state index contributed by atoms with van der Waals surface area (Å²) < 4.78 is 25.6. The molecular formula is C9H9F2N3O5. The lowest BCUT2D eigenvalue weighted by Gasteiger charge is -2.14. The molecule has 0 heterocycles. The minimum Gasteiger partial charge on any atom is -0.390 e. The first-order valence-electron chi connectivity index (χ1n) is 4.92. The molecule has 104 valence electrons. The molecule has 0 radical (unpaired) electrons. The Kier molecular flexibility index (Phi) is 4.27. The minimum absolute atomic E-state index is 0.288. The molecule has 0 amide bonds. The summed E-state index contributed by atoms with van der Waals surface area (Å²) in [6.07, 6.45) is 0. The maximum atomic E-state index is 12.8. The molecule has 0 saturated heterocycles. The van der Waals surface area contributed by atoms with Crippen LogP contribution in [0.25, 0.3) is 0 Å². The number of anilines is 1. The van der Waals surface area contributed by atoms with Gasteiger partial charge in [-0.1, -0.05) is 0 Å². The SMILES string of the molecule is O=[N+]([O-])c1ccc(NCC(F)(F)CO)c([N+](=O)[O-])c1. The normalized spacial score (nSPS) is 11.1. The first kappa shape index (κ1) is 14.7. The number of rotatable bonds is 6. The van der Waals surface area contributed by atoms with E-state index in [9.17, 15) is 29.0 Å². The van der Waals surface area contributed by atoms with E-state index >= 15 is 0 Å². The van der Waals surface area contributed by atoms with Crippen molar-refractivity contribution >= 4 is 17.1 Å². The number of alkyl halides is 2. The number of non-ortho nitro benzene ring substituents is 1. The van der Waals surface area contributed by atoms with Crippen molar-refractivity contribution in [2.75, 3.05) is 18.5 Å². The molecule has 10 heteroatoms. The number of aliphatic hydroxyl groups is 1. The van der Waals surface area contributed by atoms with Gasteiger partial charge in [0, 0.05) is 6.07 Å². The largest absolute Gasteiger partial charge is 0.390 e. The van der Waals surface area contributed by atoms with Gasteiger partial charge in [-0.25, -0.2) is 8.78 Å². The van der Waals surface area contributed by atoms with Gasteiger partial charge in [-0.3, -0.25) is 20.2 Å². The van der Waals surface area contributed by atoms with E-state index in [1.54, 1.807) is 0 Å². The fourth-order valence-corrected chi connectivity index (χ4v) is 1.21. The minimum atomic E-state index is -3.45. The first-order valence-corrected chi connectivity index (χ1v) is 4.92. The number of hydrogen-bond donors (Lipinski definition) is 2. The van der Waals surface area contributed by atoms with Gasteiger partial charge in [0.15, 0.2) is 0 Å². The van der Waals surface area contributed by atoms with Crippen molar-refractivity contribution in [3.63, 3.8) is 0 Å². The van der Waals surface area contributed by atoms with Crippen molar-refractivity contribution in [3.8, 4) is 0 Å². The fourth-order valence-electron chi connectivity index (χ4n) is 1.21. The van der Waals surface area contributed by atoms with Crippen LogP contribution < -0.4 is 5.32 Å². The Morgan fingerprint density at radius 2 is 1.89 bits per heavy atom. The molecule has 0 aliphatic heterocycles. The van der Waals surface area contributed by atoms with Crippen LogP contribution in [0, 0.1) is 20.2 Å². The number of benzene rings is 1. The summed E-state index contributed by atoms with van der Waals surface area (Å²) in [5, 5.41) is 31.6. The zero-order valence-electron chi connectivity index (χ0n) is 9.38. The summed E-state index contributed by atoms with van der Waals surface area (Å²) in [5.74, 6) is -3.45. The molecule has 0 bridgehead atoms. The fraction of sp³-hybridized carbons (Fsp3) is 0.333. The molecule has 1 aromatic carbocycles. The van der Waals surface area contributed by atoms with Crippen LogP contribution in [0.3, 0.4) is 0 Å². The second-order valence-corrected chi connectivity index (χ2v) is 3.58. The predicted molar refractivity (Wildman–Crippen MR) is 60.3 cm³/mol. The van der Waals surface area contributed by atoms with Crippen LogP contribution in [0.1, 0.15) is 0 Å². The van der Waals surface area contributed by atoms with Gasteiger partial charge in [0.05, 0.1) is 22.5 Å². The van der Waals surface area contributed by atoms with E-state index in [2.05, 4.69) is 5.32 Å². The third kappa shape index (κ3) is 3.81. The molecule has 0 unspecified atom stereocenters. The second kappa shape index (κ2) is 5.52. The van der Waals surface area contributed by atoms with E-state index < -0.39 is 40.3 Å². The number of halogens is 2. The van der Waals surface area contributed by atoms with Gasteiger partial charge < -0.3 is 10.4 Å². The van der Waals surface area contributed by atoms with Gasteiger partial charge in [0.1, 0.15) is 12.3 Å². The van der Waals surface area contributed by atoms with Crippen molar-refractivity contribution in [1.82, 2.24) is 0 Å². The summed E-state index contributed by atoms with van der Waals surface area (Å²) in [7, 11) is 0. The molecule has 1 aromatic rings. The Labute approximate surface area is 105 Å². The molecular weight excluding hydrogens is 268 g/mol. The maximum Gasteiger partial charge on any atom is 0.299 e. The van der Waals surface area contributed by atoms with Crippen LogP contribution in [0.5, 0.6) is 0 Å². The predicted octanol–water partition coefficient (Wildman–Crippen LogP) is 1.54. The third-order valence-electron chi connectivity index (χ3n) is 2.16. The molecule has 0 aliphatic carbocycles. The number of nitro benzene ring substituents is 2. The highest BCUT2D eigenvalue weighted by molar-refractivity contribution is 5.65. The summed E-state index contributed by atoms with van der Waals surface area (Å²) in [5.41, 5.74) is -1.50. The lowest BCUT2D eigenvalue weighted by molar-refractivity contribution is -0.393. The number of nitro groups is 2. The van der Waals surface area contributed by atoms with Crippen molar-refractivity contribution in [1.29, 1.82) is 0 Å². The van der Waals surface area contributed by atoms with Gasteiger partial charge in [-0.2, -0.15) is 0 Å². The average molecular weight is 277 g/mol. The summed E-state index contributed by atoms with van der Waals surface area (Å²) >= 11 is 0. The molecule has 2 N–H and O–H groups in total. The summed E-state index contributed by atoms with van der Waals surface area (Å²) in [4.78, 5) is 19.4. The molecule has 0 aromatic heterocycles. The van der Waals surface area contributed by atoms with Gasteiger partial charge in [-0.05, 0) is 6.07 Å². The topological polar surface area (TPSA) is 119 Å². The number of hydrogen-bond acceptors (Lipinski definition) is 6. The standard InChI is InChI=1S/C9H9F2N3O5/c10-9(11,5-15)4-12-7-2-1-6(13(16)17)3-8(7)14(18)19/h1-3,12,15H,4-5H2. The Bertz CT molecular complexity index is 509. The van der Waals surface area contributed by atoms with Crippen molar-refractivity contribution < 1.29 is 23.7 Å². The van der Waals surface area contributed by atoms with E-state index in [1.807, 2.05) is 0 Å². The molecule has 1 rings (SSSR count). The number of nitrogens with one attached hydrogen (secondary N) is 1. The van der Waals surface area contributed by atoms with Crippen LogP contribution in [0.15, 0.2) is 18.2 Å². The summed E-state index contributed by atoms with van der Waals surface area (Å²) in [6, 6.07) is 2.58. The van der Waals surface area contributed by atoms with E-state index in [-0.39, 0.29) is 5.69 Å². The molecule has 0 atom stereocenters. The quantitative estimate of drug-likeness (QED) is 0.601. The van der Waals surface area contributed by atoms with Crippen molar-refractivity contribution in [2.24, 2.45) is 0 Å². The third-order valence-corrected chi connectivity index (χ3v) is 2.16. The Morgan fingerprint density at radius 1 is 1.26 bits per heavy atom. The maximum absolute atomic E-state index is 12.8. The smallest absolute Gasteiger partial charge is 0.299 e. The average Bonchev–Trinajstić information content (AvgIpc) is 2.36. The zero-order chi connectivity index (χ0) is 14.6. The molecule has 0 saturated carbocycles. The number of aliphatic hydroxyl groups excluding tert-OH is 1. The van der Waals surface area contributed by atoms with Crippen LogP contribution in [0.2, 0.25) is 0 Å². The lowest BCUT2D eigenvalue weighted by atomic mass is 10.2. The molecule has 0 aliphatic rings. The van der Waals surface area contributed by atoms with E-state index in [0.717, 1.165) is 12.1 Å². The first-order chi connectivity index (χ1) is 8.76. The van der Waals surface area contributed by atoms with E-state index in [1.165, 1.54) is 0 Å². The molecule has 0 fully saturated rings. The van der Waals surface area contributed by atoms with Crippen molar-refractivity contribution in [3.05, 3.63) is 38.4 Å². The van der Waals surface area contributed by atoms with Gasteiger partial charge in [0.25, 0.3) is 17.3 Å². The van der Waals surface area contributed by atoms with Gasteiger partial charge in [-0.15, -0.1) is 0 Å². The summed E-state index contributed by atoms with van der Waals surface area (Å²) in [6.45, 7) is -2.44. The highest BCUT2D eigenvalue weighted by Crippen LogP contribution is 2.29. The highest BCUT2D eigenvalue weighted by Gasteiger charge is 2.29. The van der Waals surface area contributed by atoms with Crippen LogP contribution >= 0.6 is 0 Å². The van der Waals surface area contributed by atoms with E-state index in [0.29, 0.717) is 6.07 Å². The molecule has 0 spiro atoms. The van der Waals surface area contributed by atoms with Crippen molar-refractivity contribution in [2.45, 2.75) is 5.92 Å². The zero-order valence-corrected chi connectivity index (χ0v) is 9.38. The van der Waals surface area contributed by atoms with Gasteiger partial charge >= 0.3 is 0 Å². The monoisotopic (exact) mass is 277 g/mol. The highest BCUT2D eigenvalue weighted by atomic mass is 19.3. The Hall–Kier alpha value is -2.36. The Balaban J connectivity index is 3.01. The van der Waals surface area contributed by atoms with Crippen LogP contribution in [-0.4, -0.2) is 34.0 Å². The molecule has 8 nitrogen and oxygen atoms in total. The van der Waals surface area contributed by atoms with E-state index in [4.69, 9.17) is 5.11 Å². The Morgan fingerprint density at radius 3 is 2.37 bits per heavy atom. The lowest BCUT2D eigenvalue weighted by Crippen LogP contribution is -2.31.